The van der Waals surface area contributed by atoms with Crippen LogP contribution in [0.5, 0.6) is 0 Å². The van der Waals surface area contributed by atoms with E-state index in [1.165, 1.54) is 24.0 Å². The lowest BCUT2D eigenvalue weighted by Gasteiger charge is -2.29. The first kappa shape index (κ1) is 20.9. The zero-order valence-corrected chi connectivity index (χ0v) is 17.8. The van der Waals surface area contributed by atoms with Crippen molar-refractivity contribution in [2.75, 3.05) is 26.2 Å². The predicted molar refractivity (Wildman–Crippen MR) is 113 cm³/mol. The topological polar surface area (TPSA) is 85.2 Å². The van der Waals surface area contributed by atoms with Crippen LogP contribution in [0.1, 0.15) is 55.7 Å². The van der Waals surface area contributed by atoms with Gasteiger partial charge in [0.15, 0.2) is 5.82 Å². The second kappa shape index (κ2) is 10.1. The van der Waals surface area contributed by atoms with Gasteiger partial charge >= 0.3 is 0 Å². The molecule has 1 atom stereocenters. The van der Waals surface area contributed by atoms with Gasteiger partial charge in [-0.25, -0.2) is 4.68 Å². The number of aryl methyl sites for hydroxylation is 1. The van der Waals surface area contributed by atoms with Crippen LogP contribution in [0.15, 0.2) is 24.3 Å². The molecule has 0 spiro atoms. The highest BCUT2D eigenvalue weighted by Crippen LogP contribution is 2.26. The summed E-state index contributed by atoms with van der Waals surface area (Å²) in [6, 6.07) is 8.31. The number of amides is 1. The number of carbonyl (C=O) groups excluding carboxylic acids is 1. The van der Waals surface area contributed by atoms with E-state index in [0.29, 0.717) is 32.5 Å². The van der Waals surface area contributed by atoms with Crippen molar-refractivity contribution in [3.8, 4) is 0 Å². The Labute approximate surface area is 178 Å². The zero-order chi connectivity index (χ0) is 20.8. The molecule has 3 heterocycles. The number of nitrogens with zero attached hydrogens (tertiary/aromatic N) is 5. The molecule has 1 N–H and O–H groups in total. The third-order valence-electron chi connectivity index (χ3n) is 6.20. The molecular weight excluding hydrogens is 380 g/mol. The number of hydrogen-bond acceptors (Lipinski definition) is 6. The summed E-state index contributed by atoms with van der Waals surface area (Å²) in [6.45, 7) is 7.17. The Kier molecular flexibility index (Phi) is 7.07. The first-order chi connectivity index (χ1) is 14.7. The number of likely N-dealkylation sites (tertiary alicyclic amines) is 1. The van der Waals surface area contributed by atoms with E-state index in [1.54, 1.807) is 0 Å². The smallest absolute Gasteiger partial charge is 0.220 e. The number of ether oxygens (including phenoxy) is 1. The molecule has 1 amide bonds. The number of aromatic nitrogens is 4. The van der Waals surface area contributed by atoms with Crippen LogP contribution >= 0.6 is 0 Å². The van der Waals surface area contributed by atoms with Crippen LogP contribution in [0.3, 0.4) is 0 Å². The lowest BCUT2D eigenvalue weighted by atomic mass is 9.97. The summed E-state index contributed by atoms with van der Waals surface area (Å²) in [6.07, 6.45) is 4.51. The van der Waals surface area contributed by atoms with Crippen molar-refractivity contribution < 1.29 is 9.53 Å². The number of piperidine rings is 1. The minimum absolute atomic E-state index is 0.0429. The van der Waals surface area contributed by atoms with Crippen molar-refractivity contribution in [3.05, 3.63) is 41.2 Å². The third-order valence-corrected chi connectivity index (χ3v) is 6.20. The fraction of sp³-hybridized carbons (Fsp3) is 0.636. The van der Waals surface area contributed by atoms with E-state index in [2.05, 4.69) is 50.9 Å². The number of rotatable bonds is 8. The molecule has 1 aromatic heterocycles. The normalized spacial score (nSPS) is 20.1. The number of nitrogens with one attached hydrogen (secondary N) is 1. The van der Waals surface area contributed by atoms with E-state index in [4.69, 9.17) is 4.74 Å². The molecule has 2 aliphatic rings. The van der Waals surface area contributed by atoms with Crippen molar-refractivity contribution in [2.45, 2.75) is 58.2 Å². The number of benzene rings is 1. The second-order valence-electron chi connectivity index (χ2n) is 8.49. The number of tetrazole rings is 1. The molecule has 2 aromatic rings. The number of fused-ring (bicyclic) bond motifs is 1. The predicted octanol–water partition coefficient (Wildman–Crippen LogP) is 2.12. The van der Waals surface area contributed by atoms with E-state index in [9.17, 15) is 4.79 Å². The van der Waals surface area contributed by atoms with E-state index in [1.807, 2.05) is 10.7 Å². The average Bonchev–Trinajstić information content (AvgIpc) is 3.20. The Hall–Kier alpha value is -2.32. The third kappa shape index (κ3) is 5.43. The molecule has 1 saturated heterocycles. The molecule has 0 saturated carbocycles. The van der Waals surface area contributed by atoms with Gasteiger partial charge in [-0.05, 0) is 66.2 Å². The summed E-state index contributed by atoms with van der Waals surface area (Å²) in [4.78, 5) is 14.7. The maximum atomic E-state index is 12.3. The molecule has 162 valence electrons. The molecule has 0 bridgehead atoms. The molecule has 0 aliphatic carbocycles. The van der Waals surface area contributed by atoms with Crippen LogP contribution < -0.4 is 5.32 Å². The minimum Gasteiger partial charge on any atom is -0.371 e. The maximum absolute atomic E-state index is 12.3. The average molecular weight is 413 g/mol. The minimum atomic E-state index is -0.0581. The van der Waals surface area contributed by atoms with Gasteiger partial charge in [-0.3, -0.25) is 9.69 Å². The SMILES string of the molecule is CC1CCN(Cc2nnnn2CCCC(=O)NC[C@@H]2OCCc3ccccc32)CC1. The molecule has 30 heavy (non-hydrogen) atoms. The molecule has 4 rings (SSSR count). The molecule has 2 aliphatic heterocycles. The van der Waals surface area contributed by atoms with Crippen molar-refractivity contribution in [2.24, 2.45) is 5.92 Å². The van der Waals surface area contributed by atoms with Crippen LogP contribution in [-0.4, -0.2) is 57.3 Å². The van der Waals surface area contributed by atoms with Gasteiger partial charge in [0.2, 0.25) is 5.91 Å². The van der Waals surface area contributed by atoms with Gasteiger partial charge in [0.25, 0.3) is 0 Å². The van der Waals surface area contributed by atoms with Gasteiger partial charge in [-0.2, -0.15) is 0 Å². The van der Waals surface area contributed by atoms with Crippen molar-refractivity contribution in [1.29, 1.82) is 0 Å². The highest BCUT2D eigenvalue weighted by molar-refractivity contribution is 5.75. The lowest BCUT2D eigenvalue weighted by molar-refractivity contribution is -0.122. The fourth-order valence-electron chi connectivity index (χ4n) is 4.26. The Bertz CT molecular complexity index is 831. The Morgan fingerprint density at radius 2 is 2.10 bits per heavy atom. The van der Waals surface area contributed by atoms with Gasteiger partial charge in [0.1, 0.15) is 6.10 Å². The summed E-state index contributed by atoms with van der Waals surface area (Å²) < 4.78 is 7.70. The molecule has 1 aromatic carbocycles. The first-order valence-corrected chi connectivity index (χ1v) is 11.1. The molecule has 8 nitrogen and oxygen atoms in total. The quantitative estimate of drug-likeness (QED) is 0.715. The van der Waals surface area contributed by atoms with Crippen molar-refractivity contribution >= 4 is 5.91 Å². The monoisotopic (exact) mass is 412 g/mol. The van der Waals surface area contributed by atoms with Crippen molar-refractivity contribution in [1.82, 2.24) is 30.4 Å². The van der Waals surface area contributed by atoms with Crippen LogP contribution in [0.25, 0.3) is 0 Å². The van der Waals surface area contributed by atoms with Crippen LogP contribution in [0.4, 0.5) is 0 Å². The van der Waals surface area contributed by atoms with Gasteiger partial charge in [0.05, 0.1) is 13.2 Å². The second-order valence-corrected chi connectivity index (χ2v) is 8.49. The zero-order valence-electron chi connectivity index (χ0n) is 17.8. The van der Waals surface area contributed by atoms with Gasteiger partial charge < -0.3 is 10.1 Å². The Balaban J connectivity index is 1.19. The summed E-state index contributed by atoms with van der Waals surface area (Å²) >= 11 is 0. The fourth-order valence-corrected chi connectivity index (χ4v) is 4.26. The van der Waals surface area contributed by atoms with Crippen molar-refractivity contribution in [3.63, 3.8) is 0 Å². The molecule has 8 heteroatoms. The molecule has 1 fully saturated rings. The van der Waals surface area contributed by atoms with Crippen LogP contribution in [-0.2, 0) is 29.0 Å². The van der Waals surface area contributed by atoms with Gasteiger partial charge in [-0.1, -0.05) is 31.2 Å². The van der Waals surface area contributed by atoms with Crippen LogP contribution in [0.2, 0.25) is 0 Å². The standard InChI is InChI=1S/C22H32N6O2/c1-17-8-12-27(13-9-17)16-21-24-25-26-28(21)11-4-7-22(29)23-15-20-19-6-3-2-5-18(19)10-14-30-20/h2-3,5-6,17,20H,4,7-16H2,1H3,(H,23,29)/t20-/m0/s1. The summed E-state index contributed by atoms with van der Waals surface area (Å²) in [5, 5.41) is 15.2. The highest BCUT2D eigenvalue weighted by Gasteiger charge is 2.21. The van der Waals surface area contributed by atoms with Crippen LogP contribution in [0, 0.1) is 5.92 Å². The van der Waals surface area contributed by atoms with E-state index in [-0.39, 0.29) is 12.0 Å². The molecule has 0 unspecified atom stereocenters. The summed E-state index contributed by atoms with van der Waals surface area (Å²) in [7, 11) is 0. The Morgan fingerprint density at radius 1 is 1.27 bits per heavy atom. The first-order valence-electron chi connectivity index (χ1n) is 11.1. The largest absolute Gasteiger partial charge is 0.371 e. The lowest BCUT2D eigenvalue weighted by Crippen LogP contribution is -2.33. The number of hydrogen-bond donors (Lipinski definition) is 1. The van der Waals surface area contributed by atoms with E-state index >= 15 is 0 Å². The van der Waals surface area contributed by atoms with E-state index < -0.39 is 0 Å². The molecule has 0 radical (unpaired) electrons. The van der Waals surface area contributed by atoms with E-state index in [0.717, 1.165) is 37.8 Å². The van der Waals surface area contributed by atoms with Gasteiger partial charge in [-0.15, -0.1) is 5.10 Å². The summed E-state index contributed by atoms with van der Waals surface area (Å²) in [5.41, 5.74) is 2.51. The highest BCUT2D eigenvalue weighted by atomic mass is 16.5. The summed E-state index contributed by atoms with van der Waals surface area (Å²) in [5.74, 6) is 1.74. The maximum Gasteiger partial charge on any atom is 0.220 e. The Morgan fingerprint density at radius 3 is 2.97 bits per heavy atom. The van der Waals surface area contributed by atoms with Gasteiger partial charge in [0, 0.05) is 19.5 Å². The number of carbonyl (C=O) groups is 1. The molecular formula is C22H32N6O2.